The number of ether oxygens (including phenoxy) is 2. The third kappa shape index (κ3) is 5.06. The van der Waals surface area contributed by atoms with Gasteiger partial charge in [-0.05, 0) is 35.9 Å². The molecule has 0 spiro atoms. The lowest BCUT2D eigenvalue weighted by Crippen LogP contribution is -2.03. The third-order valence-corrected chi connectivity index (χ3v) is 2.80. The van der Waals surface area contributed by atoms with Gasteiger partial charge in [-0.1, -0.05) is 12.1 Å². The molecule has 7 nitrogen and oxygen atoms in total. The lowest BCUT2D eigenvalue weighted by atomic mass is 10.2. The molecule has 24 heavy (non-hydrogen) atoms. The minimum atomic E-state index is -0.637. The third-order valence-electron chi connectivity index (χ3n) is 2.80. The fourth-order valence-electron chi connectivity index (χ4n) is 1.80. The van der Waals surface area contributed by atoms with Gasteiger partial charge in [0, 0.05) is 25.1 Å². The topological polar surface area (TPSA) is 95.7 Å². The van der Waals surface area contributed by atoms with E-state index in [0.717, 1.165) is 0 Å². The Morgan fingerprint density at radius 2 is 1.75 bits per heavy atom. The van der Waals surface area contributed by atoms with Crippen molar-refractivity contribution < 1.29 is 24.0 Å². The monoisotopic (exact) mass is 327 g/mol. The van der Waals surface area contributed by atoms with Crippen molar-refractivity contribution in [2.24, 2.45) is 0 Å². The first kappa shape index (κ1) is 16.9. The van der Waals surface area contributed by atoms with Gasteiger partial charge in [-0.15, -0.1) is 0 Å². The minimum absolute atomic E-state index is 0.0902. The first-order chi connectivity index (χ1) is 11.4. The Balaban J connectivity index is 2.00. The zero-order valence-corrected chi connectivity index (χ0v) is 12.7. The molecule has 0 bridgehead atoms. The van der Waals surface area contributed by atoms with Crippen LogP contribution in [0.25, 0.3) is 6.08 Å². The van der Waals surface area contributed by atoms with Gasteiger partial charge in [0.1, 0.15) is 11.5 Å². The van der Waals surface area contributed by atoms with E-state index in [-0.39, 0.29) is 11.4 Å². The van der Waals surface area contributed by atoms with Crippen LogP contribution < -0.4 is 9.47 Å². The van der Waals surface area contributed by atoms with Crippen molar-refractivity contribution in [1.82, 2.24) is 0 Å². The molecule has 0 atom stereocenters. The van der Waals surface area contributed by atoms with Crippen molar-refractivity contribution in [3.8, 4) is 11.5 Å². The van der Waals surface area contributed by atoms with Crippen LogP contribution in [0.1, 0.15) is 12.5 Å². The zero-order chi connectivity index (χ0) is 17.5. The highest BCUT2D eigenvalue weighted by molar-refractivity contribution is 5.88. The summed E-state index contributed by atoms with van der Waals surface area (Å²) in [4.78, 5) is 32.6. The van der Waals surface area contributed by atoms with Crippen LogP contribution in [-0.4, -0.2) is 16.9 Å². The van der Waals surface area contributed by atoms with Crippen LogP contribution in [0.5, 0.6) is 11.5 Å². The summed E-state index contributed by atoms with van der Waals surface area (Å²) >= 11 is 0. The molecule has 0 N–H and O–H groups in total. The number of nitro benzene ring substituents is 1. The number of nitro groups is 1. The van der Waals surface area contributed by atoms with Gasteiger partial charge >= 0.3 is 11.9 Å². The lowest BCUT2D eigenvalue weighted by Gasteiger charge is -2.02. The Kier molecular flexibility index (Phi) is 5.40. The summed E-state index contributed by atoms with van der Waals surface area (Å²) in [6, 6.07) is 11.8. The van der Waals surface area contributed by atoms with Gasteiger partial charge in [-0.3, -0.25) is 14.9 Å². The van der Waals surface area contributed by atoms with Crippen LogP contribution in [0.3, 0.4) is 0 Å². The summed E-state index contributed by atoms with van der Waals surface area (Å²) in [6.07, 6.45) is 2.70. The molecule has 0 saturated heterocycles. The molecular formula is C17H13NO6. The molecule has 2 rings (SSSR count). The van der Waals surface area contributed by atoms with Crippen molar-refractivity contribution in [2.45, 2.75) is 6.92 Å². The fourth-order valence-corrected chi connectivity index (χ4v) is 1.80. The number of hydrogen-bond acceptors (Lipinski definition) is 6. The predicted octanol–water partition coefficient (Wildman–Crippen LogP) is 3.14. The molecule has 0 aliphatic heterocycles. The molecule has 0 aliphatic carbocycles. The van der Waals surface area contributed by atoms with Gasteiger partial charge in [0.15, 0.2) is 0 Å². The summed E-state index contributed by atoms with van der Waals surface area (Å²) in [7, 11) is 0. The Bertz CT molecular complexity index is 795. The van der Waals surface area contributed by atoms with Crippen LogP contribution in [0, 0.1) is 10.1 Å². The fraction of sp³-hybridized carbons (Fsp3) is 0.0588. The van der Waals surface area contributed by atoms with E-state index < -0.39 is 16.9 Å². The van der Waals surface area contributed by atoms with Gasteiger partial charge in [0.25, 0.3) is 5.69 Å². The van der Waals surface area contributed by atoms with Crippen molar-refractivity contribution in [3.05, 3.63) is 70.3 Å². The maximum Gasteiger partial charge on any atom is 0.336 e. The quantitative estimate of drug-likeness (QED) is 0.275. The molecule has 0 saturated carbocycles. The standard InChI is InChI=1S/C17H13NO6/c1-12(19)23-16-4-2-3-13(11-16)5-10-17(20)24-15-8-6-14(7-9-15)18(21)22/h2-11H,1H3/b10-5+. The lowest BCUT2D eigenvalue weighted by molar-refractivity contribution is -0.384. The normalized spacial score (nSPS) is 10.4. The Hall–Kier alpha value is -3.48. The second-order valence-electron chi connectivity index (χ2n) is 4.67. The average Bonchev–Trinajstić information content (AvgIpc) is 2.53. The van der Waals surface area contributed by atoms with Crippen LogP contribution in [0.2, 0.25) is 0 Å². The number of nitrogens with zero attached hydrogens (tertiary/aromatic N) is 1. The zero-order valence-electron chi connectivity index (χ0n) is 12.7. The highest BCUT2D eigenvalue weighted by atomic mass is 16.6. The number of carbonyl (C=O) groups is 2. The van der Waals surface area contributed by atoms with E-state index >= 15 is 0 Å². The molecular weight excluding hydrogens is 314 g/mol. The first-order valence-electron chi connectivity index (χ1n) is 6.87. The number of carbonyl (C=O) groups excluding carboxylic acids is 2. The van der Waals surface area contributed by atoms with Crippen molar-refractivity contribution in [2.75, 3.05) is 0 Å². The highest BCUT2D eigenvalue weighted by Gasteiger charge is 2.06. The maximum absolute atomic E-state index is 11.7. The molecule has 0 amide bonds. The Morgan fingerprint density at radius 1 is 1.04 bits per heavy atom. The van der Waals surface area contributed by atoms with E-state index in [1.807, 2.05) is 0 Å². The van der Waals surface area contributed by atoms with E-state index in [2.05, 4.69) is 0 Å². The van der Waals surface area contributed by atoms with E-state index in [4.69, 9.17) is 9.47 Å². The van der Waals surface area contributed by atoms with E-state index in [9.17, 15) is 19.7 Å². The second-order valence-corrected chi connectivity index (χ2v) is 4.67. The predicted molar refractivity (Wildman–Crippen MR) is 85.5 cm³/mol. The molecule has 0 aromatic heterocycles. The van der Waals surface area contributed by atoms with Gasteiger partial charge in [0.05, 0.1) is 4.92 Å². The molecule has 7 heteroatoms. The molecule has 2 aromatic rings. The van der Waals surface area contributed by atoms with Crippen LogP contribution in [-0.2, 0) is 9.59 Å². The van der Waals surface area contributed by atoms with Gasteiger partial charge < -0.3 is 9.47 Å². The number of hydrogen-bond donors (Lipinski definition) is 0. The molecule has 0 unspecified atom stereocenters. The Labute approximate surface area is 137 Å². The highest BCUT2D eigenvalue weighted by Crippen LogP contribution is 2.18. The first-order valence-corrected chi connectivity index (χ1v) is 6.87. The minimum Gasteiger partial charge on any atom is -0.427 e. The molecule has 0 radical (unpaired) electrons. The molecule has 0 heterocycles. The molecule has 2 aromatic carbocycles. The van der Waals surface area contributed by atoms with Crippen molar-refractivity contribution >= 4 is 23.7 Å². The number of benzene rings is 2. The van der Waals surface area contributed by atoms with Gasteiger partial charge in [0.2, 0.25) is 0 Å². The largest absolute Gasteiger partial charge is 0.427 e. The van der Waals surface area contributed by atoms with Gasteiger partial charge in [-0.2, -0.15) is 0 Å². The van der Waals surface area contributed by atoms with Gasteiger partial charge in [-0.25, -0.2) is 4.79 Å². The summed E-state index contributed by atoms with van der Waals surface area (Å²) in [6.45, 7) is 1.30. The van der Waals surface area contributed by atoms with Crippen molar-refractivity contribution in [1.29, 1.82) is 0 Å². The van der Waals surface area contributed by atoms with E-state index in [1.54, 1.807) is 24.3 Å². The Morgan fingerprint density at radius 3 is 2.38 bits per heavy atom. The van der Waals surface area contributed by atoms with Crippen molar-refractivity contribution in [3.63, 3.8) is 0 Å². The molecule has 0 aliphatic rings. The number of rotatable bonds is 5. The van der Waals surface area contributed by atoms with Crippen LogP contribution >= 0.6 is 0 Å². The summed E-state index contributed by atoms with van der Waals surface area (Å²) < 4.78 is 9.98. The average molecular weight is 327 g/mol. The summed E-state index contributed by atoms with van der Waals surface area (Å²) in [5.41, 5.74) is 0.557. The summed E-state index contributed by atoms with van der Waals surface area (Å²) in [5.74, 6) is -0.507. The maximum atomic E-state index is 11.7. The summed E-state index contributed by atoms with van der Waals surface area (Å²) in [5, 5.41) is 10.5. The SMILES string of the molecule is CC(=O)Oc1cccc(/C=C/C(=O)Oc2ccc([N+](=O)[O-])cc2)c1. The molecule has 0 fully saturated rings. The van der Waals surface area contributed by atoms with E-state index in [0.29, 0.717) is 11.3 Å². The number of non-ortho nitro benzene ring substituents is 1. The molecule has 122 valence electrons. The smallest absolute Gasteiger partial charge is 0.336 e. The second kappa shape index (κ2) is 7.68. The van der Waals surface area contributed by atoms with Crippen LogP contribution in [0.15, 0.2) is 54.6 Å². The van der Waals surface area contributed by atoms with Crippen LogP contribution in [0.4, 0.5) is 5.69 Å². The van der Waals surface area contributed by atoms with E-state index in [1.165, 1.54) is 43.3 Å². The number of esters is 2.